The van der Waals surface area contributed by atoms with Crippen molar-refractivity contribution >= 4 is 23.5 Å². The second kappa shape index (κ2) is 7.61. The van der Waals surface area contributed by atoms with Gasteiger partial charge in [0.1, 0.15) is 12.6 Å². The van der Waals surface area contributed by atoms with Crippen LogP contribution in [0, 0.1) is 0 Å². The molecule has 1 heterocycles. The summed E-state index contributed by atoms with van der Waals surface area (Å²) in [5.74, 6) is -0.328. The SMILES string of the molecule is CN(C)CCOC(=O)[C@@H]1CCC(=O)N1Cc1ccc(Cl)cc1. The maximum Gasteiger partial charge on any atom is 0.328 e. The number of esters is 1. The summed E-state index contributed by atoms with van der Waals surface area (Å²) in [6.07, 6.45) is 0.911. The second-order valence-corrected chi connectivity index (χ2v) is 6.11. The molecule has 0 N–H and O–H groups in total. The molecule has 0 unspecified atom stereocenters. The highest BCUT2D eigenvalue weighted by Crippen LogP contribution is 2.23. The van der Waals surface area contributed by atoms with Gasteiger partial charge in [-0.25, -0.2) is 4.79 Å². The minimum absolute atomic E-state index is 0.00971. The Morgan fingerprint density at radius 1 is 1.36 bits per heavy atom. The van der Waals surface area contributed by atoms with Gasteiger partial charge in [0.2, 0.25) is 5.91 Å². The molecule has 1 saturated heterocycles. The number of rotatable bonds is 6. The number of benzene rings is 1. The van der Waals surface area contributed by atoms with Crippen LogP contribution in [0.4, 0.5) is 0 Å². The van der Waals surface area contributed by atoms with E-state index >= 15 is 0 Å². The highest BCUT2D eigenvalue weighted by molar-refractivity contribution is 6.30. The van der Waals surface area contributed by atoms with Gasteiger partial charge in [-0.3, -0.25) is 4.79 Å². The molecule has 6 heteroatoms. The molecule has 22 heavy (non-hydrogen) atoms. The predicted octanol–water partition coefficient (Wildman–Crippen LogP) is 1.94. The molecule has 1 atom stereocenters. The van der Waals surface area contributed by atoms with Crippen LogP contribution in [-0.4, -0.2) is 55.0 Å². The van der Waals surface area contributed by atoms with E-state index < -0.39 is 6.04 Å². The summed E-state index contributed by atoms with van der Waals surface area (Å²) in [7, 11) is 3.83. The molecule has 0 spiro atoms. The molecule has 1 aromatic rings. The Morgan fingerprint density at radius 3 is 2.68 bits per heavy atom. The first-order chi connectivity index (χ1) is 10.5. The van der Waals surface area contributed by atoms with Crippen LogP contribution in [0.5, 0.6) is 0 Å². The van der Waals surface area contributed by atoms with E-state index in [1.54, 1.807) is 17.0 Å². The van der Waals surface area contributed by atoms with Gasteiger partial charge in [-0.2, -0.15) is 0 Å². The lowest BCUT2D eigenvalue weighted by Crippen LogP contribution is -2.39. The number of ether oxygens (including phenoxy) is 1. The molecule has 1 aliphatic heterocycles. The summed E-state index contributed by atoms with van der Waals surface area (Å²) in [6, 6.07) is 6.80. The molecule has 0 saturated carbocycles. The third-order valence-corrected chi connectivity index (χ3v) is 3.90. The lowest BCUT2D eigenvalue weighted by Gasteiger charge is -2.23. The van der Waals surface area contributed by atoms with Crippen molar-refractivity contribution in [2.75, 3.05) is 27.2 Å². The van der Waals surface area contributed by atoms with Crippen LogP contribution in [0.1, 0.15) is 18.4 Å². The summed E-state index contributed by atoms with van der Waals surface area (Å²) in [5, 5.41) is 0.649. The van der Waals surface area contributed by atoms with Crippen molar-refractivity contribution in [2.24, 2.45) is 0 Å². The van der Waals surface area contributed by atoms with Crippen LogP contribution >= 0.6 is 11.6 Å². The quantitative estimate of drug-likeness (QED) is 0.750. The number of halogens is 1. The number of likely N-dealkylation sites (N-methyl/N-ethyl adjacent to an activating group) is 1. The van der Waals surface area contributed by atoms with E-state index in [2.05, 4.69) is 0 Å². The Hall–Kier alpha value is -1.59. The Kier molecular flexibility index (Phi) is 5.80. The zero-order valence-electron chi connectivity index (χ0n) is 12.9. The largest absolute Gasteiger partial charge is 0.463 e. The summed E-state index contributed by atoms with van der Waals surface area (Å²) in [4.78, 5) is 27.7. The lowest BCUT2D eigenvalue weighted by molar-refractivity contribution is -0.152. The molecule has 1 aromatic carbocycles. The van der Waals surface area contributed by atoms with Gasteiger partial charge in [0.15, 0.2) is 0 Å². The minimum atomic E-state index is -0.481. The second-order valence-electron chi connectivity index (χ2n) is 5.67. The van der Waals surface area contributed by atoms with Gasteiger partial charge in [0.05, 0.1) is 0 Å². The normalized spacial score (nSPS) is 18.1. The molecular weight excluding hydrogens is 304 g/mol. The number of hydrogen-bond acceptors (Lipinski definition) is 4. The lowest BCUT2D eigenvalue weighted by atomic mass is 10.2. The van der Waals surface area contributed by atoms with Crippen molar-refractivity contribution < 1.29 is 14.3 Å². The van der Waals surface area contributed by atoms with E-state index in [0.29, 0.717) is 37.6 Å². The average Bonchev–Trinajstić information content (AvgIpc) is 2.82. The summed E-state index contributed by atoms with van der Waals surface area (Å²) in [5.41, 5.74) is 0.950. The molecule has 1 aliphatic rings. The van der Waals surface area contributed by atoms with Crippen LogP contribution in [-0.2, 0) is 20.9 Å². The number of carbonyl (C=O) groups excluding carboxylic acids is 2. The van der Waals surface area contributed by atoms with E-state index in [9.17, 15) is 9.59 Å². The molecule has 120 valence electrons. The molecule has 0 radical (unpaired) electrons. The van der Waals surface area contributed by atoms with Crippen molar-refractivity contribution in [1.82, 2.24) is 9.80 Å². The molecule has 1 fully saturated rings. The first-order valence-electron chi connectivity index (χ1n) is 7.32. The Bertz CT molecular complexity index is 531. The zero-order valence-corrected chi connectivity index (χ0v) is 13.7. The fourth-order valence-electron chi connectivity index (χ4n) is 2.39. The minimum Gasteiger partial charge on any atom is -0.463 e. The number of nitrogens with zero attached hydrogens (tertiary/aromatic N) is 2. The van der Waals surface area contributed by atoms with Gasteiger partial charge in [0.25, 0.3) is 0 Å². The van der Waals surface area contributed by atoms with E-state index in [1.807, 2.05) is 31.1 Å². The van der Waals surface area contributed by atoms with E-state index in [1.165, 1.54) is 0 Å². The predicted molar refractivity (Wildman–Crippen MR) is 84.5 cm³/mol. The molecule has 0 aliphatic carbocycles. The van der Waals surface area contributed by atoms with Crippen LogP contribution in [0.3, 0.4) is 0 Å². The van der Waals surface area contributed by atoms with Crippen molar-refractivity contribution in [2.45, 2.75) is 25.4 Å². The van der Waals surface area contributed by atoms with Gasteiger partial charge in [-0.15, -0.1) is 0 Å². The van der Waals surface area contributed by atoms with Gasteiger partial charge in [0, 0.05) is 24.5 Å². The highest BCUT2D eigenvalue weighted by atomic mass is 35.5. The fraction of sp³-hybridized carbons (Fsp3) is 0.500. The Labute approximate surface area is 135 Å². The van der Waals surface area contributed by atoms with Crippen molar-refractivity contribution in [1.29, 1.82) is 0 Å². The monoisotopic (exact) mass is 324 g/mol. The van der Waals surface area contributed by atoms with E-state index in [4.69, 9.17) is 16.3 Å². The number of carbonyl (C=O) groups is 2. The van der Waals surface area contributed by atoms with Crippen LogP contribution < -0.4 is 0 Å². The maximum absolute atomic E-state index is 12.2. The highest BCUT2D eigenvalue weighted by Gasteiger charge is 2.36. The average molecular weight is 325 g/mol. The van der Waals surface area contributed by atoms with E-state index in [0.717, 1.165) is 5.56 Å². The standard InChI is InChI=1S/C16H21ClN2O3/c1-18(2)9-10-22-16(21)14-7-8-15(20)19(14)11-12-3-5-13(17)6-4-12/h3-6,14H,7-11H2,1-2H3/t14-/m0/s1. The Morgan fingerprint density at radius 2 is 2.05 bits per heavy atom. The number of hydrogen-bond donors (Lipinski definition) is 0. The van der Waals surface area contributed by atoms with Crippen LogP contribution in [0.25, 0.3) is 0 Å². The van der Waals surface area contributed by atoms with Gasteiger partial charge >= 0.3 is 5.97 Å². The first kappa shape index (κ1) is 16.8. The molecular formula is C16H21ClN2O3. The van der Waals surface area contributed by atoms with Gasteiger partial charge < -0.3 is 14.5 Å². The third kappa shape index (κ3) is 4.45. The summed E-state index contributed by atoms with van der Waals surface area (Å²) >= 11 is 5.86. The van der Waals surface area contributed by atoms with Crippen LogP contribution in [0.15, 0.2) is 24.3 Å². The number of amides is 1. The van der Waals surface area contributed by atoms with Crippen molar-refractivity contribution in [3.05, 3.63) is 34.9 Å². The van der Waals surface area contributed by atoms with Gasteiger partial charge in [-0.05, 0) is 38.2 Å². The first-order valence-corrected chi connectivity index (χ1v) is 7.70. The molecule has 2 rings (SSSR count). The summed E-state index contributed by atoms with van der Waals surface area (Å²) in [6.45, 7) is 1.42. The van der Waals surface area contributed by atoms with E-state index in [-0.39, 0.29) is 11.9 Å². The molecule has 5 nitrogen and oxygen atoms in total. The number of likely N-dealkylation sites (tertiary alicyclic amines) is 1. The molecule has 1 amide bonds. The summed E-state index contributed by atoms with van der Waals surface area (Å²) < 4.78 is 5.28. The zero-order chi connectivity index (χ0) is 16.1. The fourth-order valence-corrected chi connectivity index (χ4v) is 2.51. The van der Waals surface area contributed by atoms with Crippen molar-refractivity contribution in [3.63, 3.8) is 0 Å². The maximum atomic E-state index is 12.2. The van der Waals surface area contributed by atoms with Crippen LogP contribution in [0.2, 0.25) is 5.02 Å². The molecule has 0 aromatic heterocycles. The van der Waals surface area contributed by atoms with Gasteiger partial charge in [-0.1, -0.05) is 23.7 Å². The Balaban J connectivity index is 1.96. The topological polar surface area (TPSA) is 49.9 Å². The smallest absolute Gasteiger partial charge is 0.328 e. The van der Waals surface area contributed by atoms with Crippen molar-refractivity contribution in [3.8, 4) is 0 Å². The molecule has 0 bridgehead atoms. The third-order valence-electron chi connectivity index (χ3n) is 3.65.